The van der Waals surface area contributed by atoms with Crippen LogP contribution in [-0.4, -0.2) is 0 Å². The Hall–Kier alpha value is -1.24. The van der Waals surface area contributed by atoms with Crippen molar-refractivity contribution in [2.24, 2.45) is 0 Å². The van der Waals surface area contributed by atoms with E-state index in [9.17, 15) is 0 Å². The summed E-state index contributed by atoms with van der Waals surface area (Å²) in [6.45, 7) is 0. The molecule has 0 saturated carbocycles. The molecule has 3 aliphatic rings. The summed E-state index contributed by atoms with van der Waals surface area (Å²) in [6.07, 6.45) is 10.8. The molecular weight excluding hydrogens is 136 g/mol. The number of allylic oxidation sites excluding steroid dienone is 6. The van der Waals surface area contributed by atoms with Crippen LogP contribution in [0.15, 0.2) is 47.0 Å². The smallest absolute Gasteiger partial charge is 0.173 e. The molecule has 1 aliphatic heterocycles. The predicted octanol–water partition coefficient (Wildman–Crippen LogP) is 2.44. The summed E-state index contributed by atoms with van der Waals surface area (Å²) >= 11 is 0. The van der Waals surface area contributed by atoms with Crippen molar-refractivity contribution >= 4 is 0 Å². The van der Waals surface area contributed by atoms with Crippen LogP contribution in [0.3, 0.4) is 0 Å². The zero-order valence-electron chi connectivity index (χ0n) is 6.13. The highest BCUT2D eigenvalue weighted by Gasteiger charge is 2.34. The van der Waals surface area contributed by atoms with Gasteiger partial charge in [-0.1, -0.05) is 18.2 Å². The van der Waals surface area contributed by atoms with Crippen molar-refractivity contribution in [3.63, 3.8) is 0 Å². The van der Waals surface area contributed by atoms with Crippen LogP contribution < -0.4 is 0 Å². The van der Waals surface area contributed by atoms with E-state index in [0.29, 0.717) is 0 Å². The monoisotopic (exact) mass is 144 g/mol. The summed E-state index contributed by atoms with van der Waals surface area (Å²) in [6, 6.07) is 0. The second-order valence-corrected chi connectivity index (χ2v) is 3.01. The third-order valence-electron chi connectivity index (χ3n) is 2.32. The van der Waals surface area contributed by atoms with Gasteiger partial charge in [0, 0.05) is 5.57 Å². The molecule has 2 aliphatic carbocycles. The van der Waals surface area contributed by atoms with E-state index in [2.05, 4.69) is 24.3 Å². The van der Waals surface area contributed by atoms with E-state index < -0.39 is 0 Å². The Morgan fingerprint density at radius 1 is 1.27 bits per heavy atom. The molecular formula is C10H8O. The Bertz CT molecular complexity index is 340. The molecule has 0 spiro atoms. The first-order valence-corrected chi connectivity index (χ1v) is 3.93. The first-order valence-electron chi connectivity index (χ1n) is 3.93. The number of ether oxygens (including phenoxy) is 1. The Balaban J connectivity index is 1.98. The van der Waals surface area contributed by atoms with Crippen molar-refractivity contribution in [3.8, 4) is 0 Å². The zero-order valence-corrected chi connectivity index (χ0v) is 6.13. The lowest BCUT2D eigenvalue weighted by atomic mass is 10.0. The van der Waals surface area contributed by atoms with E-state index in [4.69, 9.17) is 4.74 Å². The molecule has 1 saturated heterocycles. The lowest BCUT2D eigenvalue weighted by Gasteiger charge is -1.99. The molecule has 0 unspecified atom stereocenters. The highest BCUT2D eigenvalue weighted by molar-refractivity contribution is 5.55. The highest BCUT2D eigenvalue weighted by Crippen LogP contribution is 2.46. The van der Waals surface area contributed by atoms with Crippen LogP contribution in [0.4, 0.5) is 0 Å². The van der Waals surface area contributed by atoms with Gasteiger partial charge in [-0.15, -0.1) is 0 Å². The van der Waals surface area contributed by atoms with Gasteiger partial charge in [-0.25, -0.2) is 0 Å². The maximum absolute atomic E-state index is 5.25. The van der Waals surface area contributed by atoms with Crippen LogP contribution in [0.1, 0.15) is 12.8 Å². The standard InChI is InChI=1S/C10H8O/c1-2-4-7(3-1)8-5-6-9-10(8)11-9/h1-3,6H,4-5H2. The summed E-state index contributed by atoms with van der Waals surface area (Å²) in [7, 11) is 0. The molecule has 0 radical (unpaired) electrons. The number of rotatable bonds is 1. The minimum Gasteiger partial charge on any atom is -0.450 e. The second kappa shape index (κ2) is 1.67. The summed E-state index contributed by atoms with van der Waals surface area (Å²) < 4.78 is 5.25. The molecule has 0 N–H and O–H groups in total. The summed E-state index contributed by atoms with van der Waals surface area (Å²) in [4.78, 5) is 0. The molecule has 1 fully saturated rings. The van der Waals surface area contributed by atoms with E-state index in [0.717, 1.165) is 24.4 Å². The van der Waals surface area contributed by atoms with Gasteiger partial charge in [0.05, 0.1) is 0 Å². The first-order chi connectivity index (χ1) is 5.45. The Morgan fingerprint density at radius 3 is 2.82 bits per heavy atom. The molecule has 3 rings (SSSR count). The molecule has 0 atom stereocenters. The molecule has 0 aromatic heterocycles. The number of fused-ring (bicyclic) bond motifs is 1. The molecule has 0 amide bonds. The minimum absolute atomic E-state index is 1.08. The molecule has 0 aromatic rings. The summed E-state index contributed by atoms with van der Waals surface area (Å²) in [5.41, 5.74) is 2.84. The lowest BCUT2D eigenvalue weighted by molar-refractivity contribution is 0.541. The Kier molecular flexibility index (Phi) is 0.823. The Morgan fingerprint density at radius 2 is 2.27 bits per heavy atom. The van der Waals surface area contributed by atoms with Gasteiger partial charge in [-0.3, -0.25) is 0 Å². The molecule has 0 bridgehead atoms. The average Bonchev–Trinajstić information content (AvgIpc) is 2.54. The van der Waals surface area contributed by atoms with Crippen LogP contribution in [-0.2, 0) is 4.74 Å². The van der Waals surface area contributed by atoms with E-state index in [-0.39, 0.29) is 0 Å². The van der Waals surface area contributed by atoms with Crippen LogP contribution in [0, 0.1) is 0 Å². The maximum atomic E-state index is 5.25. The van der Waals surface area contributed by atoms with Gasteiger partial charge in [-0.05, 0) is 24.5 Å². The summed E-state index contributed by atoms with van der Waals surface area (Å²) in [5, 5.41) is 0. The molecule has 1 heteroatoms. The highest BCUT2D eigenvalue weighted by atomic mass is 16.6. The van der Waals surface area contributed by atoms with E-state index in [1.54, 1.807) is 0 Å². The van der Waals surface area contributed by atoms with Crippen molar-refractivity contribution in [3.05, 3.63) is 47.0 Å². The molecule has 54 valence electrons. The van der Waals surface area contributed by atoms with Gasteiger partial charge < -0.3 is 4.74 Å². The van der Waals surface area contributed by atoms with Gasteiger partial charge in [0.25, 0.3) is 0 Å². The van der Waals surface area contributed by atoms with E-state index in [1.165, 1.54) is 11.1 Å². The number of epoxide rings is 1. The SMILES string of the molecule is C1=CCC(C2=C3OC3=CC2)=C1. The maximum Gasteiger partial charge on any atom is 0.173 e. The van der Waals surface area contributed by atoms with Crippen LogP contribution >= 0.6 is 0 Å². The van der Waals surface area contributed by atoms with Crippen molar-refractivity contribution in [1.82, 2.24) is 0 Å². The van der Waals surface area contributed by atoms with Crippen LogP contribution in [0.2, 0.25) is 0 Å². The topological polar surface area (TPSA) is 12.5 Å². The molecule has 11 heavy (non-hydrogen) atoms. The fourth-order valence-corrected chi connectivity index (χ4v) is 1.66. The minimum atomic E-state index is 1.08. The first kappa shape index (κ1) is 5.42. The lowest BCUT2D eigenvalue weighted by Crippen LogP contribution is -1.83. The fourth-order valence-electron chi connectivity index (χ4n) is 1.66. The van der Waals surface area contributed by atoms with Crippen molar-refractivity contribution < 1.29 is 4.74 Å². The number of hydrogen-bond donors (Lipinski definition) is 0. The van der Waals surface area contributed by atoms with Gasteiger partial charge >= 0.3 is 0 Å². The summed E-state index contributed by atoms with van der Waals surface area (Å²) in [5.74, 6) is 2.27. The third-order valence-corrected chi connectivity index (χ3v) is 2.32. The van der Waals surface area contributed by atoms with Crippen LogP contribution in [0.5, 0.6) is 0 Å². The third kappa shape index (κ3) is 0.653. The van der Waals surface area contributed by atoms with E-state index >= 15 is 0 Å². The van der Waals surface area contributed by atoms with Crippen molar-refractivity contribution in [2.45, 2.75) is 12.8 Å². The normalized spacial score (nSPS) is 24.7. The van der Waals surface area contributed by atoms with E-state index in [1.807, 2.05) is 0 Å². The molecule has 1 nitrogen and oxygen atoms in total. The number of hydrogen-bond acceptors (Lipinski definition) is 1. The van der Waals surface area contributed by atoms with Gasteiger partial charge in [-0.2, -0.15) is 0 Å². The zero-order chi connectivity index (χ0) is 7.26. The quantitative estimate of drug-likeness (QED) is 0.515. The Labute approximate surface area is 65.4 Å². The van der Waals surface area contributed by atoms with Gasteiger partial charge in [0.15, 0.2) is 11.5 Å². The fraction of sp³-hybridized carbons (Fsp3) is 0.200. The second-order valence-electron chi connectivity index (χ2n) is 3.01. The van der Waals surface area contributed by atoms with Crippen LogP contribution in [0.25, 0.3) is 0 Å². The predicted molar refractivity (Wildman–Crippen MR) is 42.7 cm³/mol. The van der Waals surface area contributed by atoms with Gasteiger partial charge in [0.1, 0.15) is 0 Å². The van der Waals surface area contributed by atoms with Gasteiger partial charge in [0.2, 0.25) is 0 Å². The average molecular weight is 144 g/mol. The van der Waals surface area contributed by atoms with Crippen molar-refractivity contribution in [2.75, 3.05) is 0 Å². The molecule has 1 heterocycles. The van der Waals surface area contributed by atoms with Crippen molar-refractivity contribution in [1.29, 1.82) is 0 Å². The molecule has 0 aromatic carbocycles. The largest absolute Gasteiger partial charge is 0.450 e.